The largest absolute Gasteiger partial charge is 0.356 e. The molecule has 0 aliphatic carbocycles. The van der Waals surface area contributed by atoms with E-state index in [4.69, 9.17) is 11.6 Å². The Labute approximate surface area is 191 Å². The summed E-state index contributed by atoms with van der Waals surface area (Å²) in [4.78, 5) is 27.9. The Balaban J connectivity index is 1.29. The van der Waals surface area contributed by atoms with Gasteiger partial charge in [0.25, 0.3) is 5.91 Å². The number of hydrogen-bond acceptors (Lipinski definition) is 6. The number of carbonyl (C=O) groups is 1. The third-order valence-electron chi connectivity index (χ3n) is 5.07. The SMILES string of the molecule is O=C(NCCc1ccccn1)c1ccc(CSc2nc(Cl)cc(N3CCCC3)n2)cc1. The summed E-state index contributed by atoms with van der Waals surface area (Å²) < 4.78 is 0. The summed E-state index contributed by atoms with van der Waals surface area (Å²) in [5.41, 5.74) is 2.71. The van der Waals surface area contributed by atoms with Gasteiger partial charge in [-0.3, -0.25) is 9.78 Å². The van der Waals surface area contributed by atoms with E-state index in [0.717, 1.165) is 30.2 Å². The monoisotopic (exact) mass is 453 g/mol. The van der Waals surface area contributed by atoms with Crippen LogP contribution >= 0.6 is 23.4 Å². The van der Waals surface area contributed by atoms with Crippen LogP contribution in [0.25, 0.3) is 0 Å². The predicted octanol–water partition coefficient (Wildman–Crippen LogP) is 4.39. The van der Waals surface area contributed by atoms with Crippen molar-refractivity contribution in [3.63, 3.8) is 0 Å². The van der Waals surface area contributed by atoms with Gasteiger partial charge in [0.2, 0.25) is 0 Å². The lowest BCUT2D eigenvalue weighted by Gasteiger charge is -2.16. The fourth-order valence-corrected chi connectivity index (χ4v) is 4.45. The maximum absolute atomic E-state index is 12.4. The molecule has 3 aromatic rings. The first kappa shape index (κ1) is 21.6. The molecule has 1 aromatic carbocycles. The van der Waals surface area contributed by atoms with E-state index in [1.807, 2.05) is 48.5 Å². The van der Waals surface area contributed by atoms with E-state index in [0.29, 0.717) is 34.6 Å². The van der Waals surface area contributed by atoms with Gasteiger partial charge >= 0.3 is 0 Å². The lowest BCUT2D eigenvalue weighted by atomic mass is 10.1. The molecular formula is C23H24ClN5OS. The van der Waals surface area contributed by atoms with Crippen molar-refractivity contribution in [1.29, 1.82) is 0 Å². The standard InChI is InChI=1S/C23H24ClN5OS/c24-20-15-21(29-13-3-4-14-29)28-23(27-20)31-16-17-6-8-18(9-7-17)22(30)26-12-10-19-5-1-2-11-25-19/h1-2,5-9,11,15H,3-4,10,12-14,16H2,(H,26,30). The maximum atomic E-state index is 12.4. The molecule has 160 valence electrons. The molecule has 0 atom stereocenters. The Morgan fingerprint density at radius 2 is 1.90 bits per heavy atom. The molecule has 0 radical (unpaired) electrons. The summed E-state index contributed by atoms with van der Waals surface area (Å²) in [6.45, 7) is 2.59. The average Bonchev–Trinajstić information content (AvgIpc) is 3.33. The fraction of sp³-hybridized carbons (Fsp3) is 0.304. The van der Waals surface area contributed by atoms with Gasteiger partial charge in [-0.1, -0.05) is 41.6 Å². The minimum atomic E-state index is -0.0800. The van der Waals surface area contributed by atoms with Crippen molar-refractivity contribution in [3.05, 3.63) is 76.7 Å². The normalized spacial score (nSPS) is 13.4. The Morgan fingerprint density at radius 3 is 2.65 bits per heavy atom. The molecule has 0 saturated carbocycles. The minimum Gasteiger partial charge on any atom is -0.356 e. The number of amides is 1. The summed E-state index contributed by atoms with van der Waals surface area (Å²) in [5.74, 6) is 1.53. The van der Waals surface area contributed by atoms with Gasteiger partial charge in [0.05, 0.1) is 0 Å². The Hall–Kier alpha value is -2.64. The quantitative estimate of drug-likeness (QED) is 0.310. The van der Waals surface area contributed by atoms with E-state index in [2.05, 4.69) is 25.2 Å². The van der Waals surface area contributed by atoms with Crippen molar-refractivity contribution in [3.8, 4) is 0 Å². The van der Waals surface area contributed by atoms with Gasteiger partial charge < -0.3 is 10.2 Å². The first-order chi connectivity index (χ1) is 15.2. The Kier molecular flexibility index (Phi) is 7.38. The number of thioether (sulfide) groups is 1. The lowest BCUT2D eigenvalue weighted by Crippen LogP contribution is -2.25. The molecule has 1 aliphatic heterocycles. The summed E-state index contributed by atoms with van der Waals surface area (Å²) in [5, 5.41) is 4.08. The van der Waals surface area contributed by atoms with Gasteiger partial charge in [0, 0.05) is 55.3 Å². The van der Waals surface area contributed by atoms with Gasteiger partial charge in [-0.2, -0.15) is 0 Å². The highest BCUT2D eigenvalue weighted by atomic mass is 35.5. The van der Waals surface area contributed by atoms with E-state index in [9.17, 15) is 4.79 Å². The van der Waals surface area contributed by atoms with Crippen LogP contribution in [0.4, 0.5) is 5.82 Å². The molecule has 1 aliphatic rings. The minimum absolute atomic E-state index is 0.0800. The number of carbonyl (C=O) groups excluding carboxylic acids is 1. The van der Waals surface area contributed by atoms with Crippen LogP contribution < -0.4 is 10.2 Å². The molecule has 31 heavy (non-hydrogen) atoms. The van der Waals surface area contributed by atoms with Gasteiger partial charge in [0.15, 0.2) is 5.16 Å². The number of aromatic nitrogens is 3. The highest BCUT2D eigenvalue weighted by Crippen LogP contribution is 2.26. The van der Waals surface area contributed by atoms with Crippen molar-refractivity contribution in [2.24, 2.45) is 0 Å². The third-order valence-corrected chi connectivity index (χ3v) is 6.18. The first-order valence-corrected chi connectivity index (χ1v) is 11.7. The average molecular weight is 454 g/mol. The van der Waals surface area contributed by atoms with E-state index >= 15 is 0 Å². The number of hydrogen-bond donors (Lipinski definition) is 1. The smallest absolute Gasteiger partial charge is 0.251 e. The summed E-state index contributed by atoms with van der Waals surface area (Å²) >= 11 is 7.75. The van der Waals surface area contributed by atoms with Crippen LogP contribution in [-0.2, 0) is 12.2 Å². The van der Waals surface area contributed by atoms with E-state index in [-0.39, 0.29) is 5.91 Å². The summed E-state index contributed by atoms with van der Waals surface area (Å²) in [6, 6.07) is 15.2. The van der Waals surface area contributed by atoms with Crippen LogP contribution in [0, 0.1) is 0 Å². The molecule has 1 amide bonds. The van der Waals surface area contributed by atoms with Crippen LogP contribution in [0.15, 0.2) is 59.9 Å². The number of rotatable bonds is 8. The topological polar surface area (TPSA) is 71.0 Å². The molecule has 1 N–H and O–H groups in total. The molecule has 4 rings (SSSR count). The van der Waals surface area contributed by atoms with Gasteiger partial charge in [-0.25, -0.2) is 9.97 Å². The Bertz CT molecular complexity index is 1010. The second-order valence-electron chi connectivity index (χ2n) is 7.34. The zero-order chi connectivity index (χ0) is 21.5. The van der Waals surface area contributed by atoms with Crippen molar-refractivity contribution in [1.82, 2.24) is 20.3 Å². The molecule has 0 unspecified atom stereocenters. The van der Waals surface area contributed by atoms with Crippen LogP contribution in [-0.4, -0.2) is 40.5 Å². The van der Waals surface area contributed by atoms with Gasteiger partial charge in [-0.05, 0) is 42.7 Å². The highest BCUT2D eigenvalue weighted by molar-refractivity contribution is 7.98. The molecule has 2 aromatic heterocycles. The molecule has 6 nitrogen and oxygen atoms in total. The molecule has 0 spiro atoms. The van der Waals surface area contributed by atoms with E-state index in [1.54, 1.807) is 18.0 Å². The molecule has 3 heterocycles. The number of benzene rings is 1. The van der Waals surface area contributed by atoms with Crippen LogP contribution in [0.1, 0.15) is 34.5 Å². The van der Waals surface area contributed by atoms with E-state index in [1.165, 1.54) is 12.8 Å². The van der Waals surface area contributed by atoms with Crippen LogP contribution in [0.5, 0.6) is 0 Å². The van der Waals surface area contributed by atoms with E-state index < -0.39 is 0 Å². The number of nitrogens with one attached hydrogen (secondary N) is 1. The maximum Gasteiger partial charge on any atom is 0.251 e. The summed E-state index contributed by atoms with van der Waals surface area (Å²) in [7, 11) is 0. The second-order valence-corrected chi connectivity index (χ2v) is 8.67. The summed E-state index contributed by atoms with van der Waals surface area (Å²) in [6.07, 6.45) is 4.84. The molecule has 8 heteroatoms. The number of anilines is 1. The van der Waals surface area contributed by atoms with Gasteiger partial charge in [0.1, 0.15) is 11.0 Å². The highest BCUT2D eigenvalue weighted by Gasteiger charge is 2.15. The van der Waals surface area contributed by atoms with Gasteiger partial charge in [-0.15, -0.1) is 0 Å². The van der Waals surface area contributed by atoms with Crippen molar-refractivity contribution in [2.75, 3.05) is 24.5 Å². The van der Waals surface area contributed by atoms with Crippen molar-refractivity contribution >= 4 is 35.1 Å². The number of nitrogens with zero attached hydrogens (tertiary/aromatic N) is 4. The van der Waals surface area contributed by atoms with Crippen molar-refractivity contribution in [2.45, 2.75) is 30.2 Å². The van der Waals surface area contributed by atoms with Crippen LogP contribution in [0.2, 0.25) is 5.15 Å². The predicted molar refractivity (Wildman–Crippen MR) is 125 cm³/mol. The first-order valence-electron chi connectivity index (χ1n) is 10.4. The van der Waals surface area contributed by atoms with Crippen molar-refractivity contribution < 1.29 is 4.79 Å². The zero-order valence-electron chi connectivity index (χ0n) is 17.1. The molecule has 0 bridgehead atoms. The molecular weight excluding hydrogens is 430 g/mol. The molecule has 1 saturated heterocycles. The third kappa shape index (κ3) is 6.18. The van der Waals surface area contributed by atoms with Crippen LogP contribution in [0.3, 0.4) is 0 Å². The lowest BCUT2D eigenvalue weighted by molar-refractivity contribution is 0.0954. The zero-order valence-corrected chi connectivity index (χ0v) is 18.7. The fourth-order valence-electron chi connectivity index (χ4n) is 3.41. The number of pyridine rings is 1. The molecule has 1 fully saturated rings. The Morgan fingerprint density at radius 1 is 1.10 bits per heavy atom. The number of halogens is 1. The second kappa shape index (κ2) is 10.6.